The largest absolute Gasteiger partial charge is 0.379 e. The van der Waals surface area contributed by atoms with Gasteiger partial charge in [-0.3, -0.25) is 4.68 Å². The fourth-order valence-corrected chi connectivity index (χ4v) is 1.72. The quantitative estimate of drug-likeness (QED) is 0.772. The average molecular weight is 195 g/mol. The molecule has 2 rings (SSSR count). The summed E-state index contributed by atoms with van der Waals surface area (Å²) >= 11 is 0. The van der Waals surface area contributed by atoms with Crippen LogP contribution in [0.2, 0.25) is 0 Å². The molecular weight excluding hydrogens is 178 g/mol. The van der Waals surface area contributed by atoms with Gasteiger partial charge in [-0.1, -0.05) is 0 Å². The average Bonchev–Trinajstić information content (AvgIpc) is 2.68. The van der Waals surface area contributed by atoms with Crippen LogP contribution in [-0.4, -0.2) is 23.0 Å². The van der Waals surface area contributed by atoms with Crippen LogP contribution in [0.3, 0.4) is 0 Å². The number of hydrogen-bond donors (Lipinski definition) is 1. The van der Waals surface area contributed by atoms with E-state index in [2.05, 4.69) is 5.10 Å². The number of nitrogens with two attached hydrogens (primary N) is 1. The van der Waals surface area contributed by atoms with E-state index in [9.17, 15) is 0 Å². The van der Waals surface area contributed by atoms with Crippen molar-refractivity contribution in [1.82, 2.24) is 9.78 Å². The third-order valence-electron chi connectivity index (χ3n) is 2.66. The minimum absolute atomic E-state index is 0.0632. The molecule has 0 bridgehead atoms. The second-order valence-electron chi connectivity index (χ2n) is 3.91. The Morgan fingerprint density at radius 3 is 3.14 bits per heavy atom. The summed E-state index contributed by atoms with van der Waals surface area (Å²) < 4.78 is 7.40. The molecular formula is C10H17N3O. The number of ether oxygens (including phenoxy) is 1. The van der Waals surface area contributed by atoms with Gasteiger partial charge >= 0.3 is 0 Å². The van der Waals surface area contributed by atoms with Crippen LogP contribution in [0.25, 0.3) is 0 Å². The van der Waals surface area contributed by atoms with Crippen molar-refractivity contribution in [3.63, 3.8) is 0 Å². The van der Waals surface area contributed by atoms with Crippen molar-refractivity contribution in [2.24, 2.45) is 5.73 Å². The van der Waals surface area contributed by atoms with E-state index < -0.39 is 0 Å². The molecule has 0 saturated carbocycles. The highest BCUT2D eigenvalue weighted by molar-refractivity contribution is 5.08. The van der Waals surface area contributed by atoms with Crippen molar-refractivity contribution < 1.29 is 4.74 Å². The topological polar surface area (TPSA) is 53.1 Å². The molecule has 0 radical (unpaired) electrons. The lowest BCUT2D eigenvalue weighted by Gasteiger charge is -2.22. The van der Waals surface area contributed by atoms with Crippen LogP contribution in [0.5, 0.6) is 0 Å². The predicted octanol–water partition coefficient (Wildman–Crippen LogP) is 1.25. The summed E-state index contributed by atoms with van der Waals surface area (Å²) in [6, 6.07) is 0.463. The van der Waals surface area contributed by atoms with E-state index in [1.54, 1.807) is 0 Å². The van der Waals surface area contributed by atoms with Gasteiger partial charge in [-0.15, -0.1) is 0 Å². The summed E-state index contributed by atoms with van der Waals surface area (Å²) in [4.78, 5) is 0. The fourth-order valence-electron chi connectivity index (χ4n) is 1.72. The van der Waals surface area contributed by atoms with E-state index >= 15 is 0 Å². The number of rotatable bonds is 2. The van der Waals surface area contributed by atoms with Gasteiger partial charge in [-0.25, -0.2) is 0 Å². The highest BCUT2D eigenvalue weighted by Crippen LogP contribution is 2.19. The van der Waals surface area contributed by atoms with E-state index in [0.717, 1.165) is 31.6 Å². The lowest BCUT2D eigenvalue weighted by Crippen LogP contribution is -2.21. The van der Waals surface area contributed by atoms with Crippen LogP contribution < -0.4 is 5.73 Å². The van der Waals surface area contributed by atoms with Crippen molar-refractivity contribution in [2.75, 3.05) is 13.2 Å². The molecule has 1 aliphatic heterocycles. The van der Waals surface area contributed by atoms with Crippen molar-refractivity contribution in [3.8, 4) is 0 Å². The molecule has 2 atom stereocenters. The van der Waals surface area contributed by atoms with Crippen LogP contribution in [0.1, 0.15) is 37.4 Å². The monoisotopic (exact) mass is 195 g/mol. The van der Waals surface area contributed by atoms with Crippen LogP contribution in [-0.2, 0) is 4.74 Å². The van der Waals surface area contributed by atoms with Crippen LogP contribution in [0.15, 0.2) is 12.4 Å². The molecule has 2 N–H and O–H groups in total. The molecule has 14 heavy (non-hydrogen) atoms. The van der Waals surface area contributed by atoms with Crippen LogP contribution >= 0.6 is 0 Å². The first-order valence-corrected chi connectivity index (χ1v) is 5.15. The number of hydrogen-bond acceptors (Lipinski definition) is 3. The third-order valence-corrected chi connectivity index (χ3v) is 2.66. The van der Waals surface area contributed by atoms with Gasteiger partial charge in [-0.2, -0.15) is 5.10 Å². The van der Waals surface area contributed by atoms with Crippen molar-refractivity contribution in [2.45, 2.75) is 31.8 Å². The maximum atomic E-state index is 5.77. The summed E-state index contributed by atoms with van der Waals surface area (Å²) in [5.74, 6) is 0. The molecule has 1 unspecified atom stereocenters. The zero-order valence-electron chi connectivity index (χ0n) is 8.52. The van der Waals surface area contributed by atoms with E-state index in [1.165, 1.54) is 0 Å². The summed E-state index contributed by atoms with van der Waals surface area (Å²) in [6.07, 6.45) is 6.15. The molecule has 4 nitrogen and oxygen atoms in total. The zero-order valence-corrected chi connectivity index (χ0v) is 8.52. The predicted molar refractivity (Wildman–Crippen MR) is 53.9 cm³/mol. The van der Waals surface area contributed by atoms with Gasteiger partial charge in [0.2, 0.25) is 0 Å². The Morgan fingerprint density at radius 2 is 2.57 bits per heavy atom. The molecule has 0 spiro atoms. The van der Waals surface area contributed by atoms with Gasteiger partial charge in [0.25, 0.3) is 0 Å². The molecule has 78 valence electrons. The Kier molecular flexibility index (Phi) is 2.84. The van der Waals surface area contributed by atoms with Crippen LogP contribution in [0.4, 0.5) is 0 Å². The zero-order chi connectivity index (χ0) is 9.97. The number of nitrogens with zero attached hydrogens (tertiary/aromatic N) is 2. The first-order valence-electron chi connectivity index (χ1n) is 5.15. The molecule has 0 aliphatic carbocycles. The second kappa shape index (κ2) is 4.11. The third kappa shape index (κ3) is 1.96. The van der Waals surface area contributed by atoms with E-state index in [-0.39, 0.29) is 6.04 Å². The summed E-state index contributed by atoms with van der Waals surface area (Å²) in [7, 11) is 0. The fraction of sp³-hybridized carbons (Fsp3) is 0.700. The molecule has 2 heterocycles. The number of aromatic nitrogens is 2. The van der Waals surface area contributed by atoms with Crippen molar-refractivity contribution >= 4 is 0 Å². The summed E-state index contributed by atoms with van der Waals surface area (Å²) in [6.45, 7) is 3.64. The molecule has 4 heteroatoms. The molecule has 1 aliphatic rings. The second-order valence-corrected chi connectivity index (χ2v) is 3.91. The van der Waals surface area contributed by atoms with Crippen molar-refractivity contribution in [3.05, 3.63) is 18.0 Å². The Bertz CT molecular complexity index is 289. The van der Waals surface area contributed by atoms with Gasteiger partial charge in [0.1, 0.15) is 0 Å². The first kappa shape index (κ1) is 9.68. The maximum absolute atomic E-state index is 5.77. The first-order chi connectivity index (χ1) is 6.77. The molecule has 1 aromatic rings. The standard InChI is InChI=1S/C10H17N3O/c1-8(11)9-5-12-13(6-9)10-3-2-4-14-7-10/h5-6,8,10H,2-4,7,11H2,1H3/t8-,10?/m0/s1. The van der Waals surface area contributed by atoms with Crippen molar-refractivity contribution in [1.29, 1.82) is 0 Å². The van der Waals surface area contributed by atoms with Gasteiger partial charge in [0.15, 0.2) is 0 Å². The molecule has 0 amide bonds. The SMILES string of the molecule is C[C@H](N)c1cnn(C2CCCOC2)c1. The summed E-state index contributed by atoms with van der Waals surface area (Å²) in [5.41, 5.74) is 6.87. The Morgan fingerprint density at radius 1 is 1.71 bits per heavy atom. The molecule has 1 aromatic heterocycles. The minimum atomic E-state index is 0.0632. The van der Waals surface area contributed by atoms with E-state index in [4.69, 9.17) is 10.5 Å². The summed E-state index contributed by atoms with van der Waals surface area (Å²) in [5, 5.41) is 4.32. The lowest BCUT2D eigenvalue weighted by molar-refractivity contribution is 0.0549. The van der Waals surface area contributed by atoms with E-state index in [1.807, 2.05) is 24.0 Å². The normalized spacial score (nSPS) is 24.9. The minimum Gasteiger partial charge on any atom is -0.379 e. The Balaban J connectivity index is 2.07. The highest BCUT2D eigenvalue weighted by atomic mass is 16.5. The Hall–Kier alpha value is -0.870. The highest BCUT2D eigenvalue weighted by Gasteiger charge is 2.16. The van der Waals surface area contributed by atoms with E-state index in [0.29, 0.717) is 6.04 Å². The van der Waals surface area contributed by atoms with Gasteiger partial charge in [-0.05, 0) is 19.8 Å². The van der Waals surface area contributed by atoms with Gasteiger partial charge < -0.3 is 10.5 Å². The van der Waals surface area contributed by atoms with Crippen LogP contribution in [0, 0.1) is 0 Å². The Labute approximate surface area is 84.0 Å². The van der Waals surface area contributed by atoms with Gasteiger partial charge in [0.05, 0.1) is 18.8 Å². The molecule has 0 aromatic carbocycles. The maximum Gasteiger partial charge on any atom is 0.0753 e. The van der Waals surface area contributed by atoms with Gasteiger partial charge in [0, 0.05) is 24.4 Å². The molecule has 1 saturated heterocycles. The lowest BCUT2D eigenvalue weighted by atomic mass is 10.1. The molecule has 1 fully saturated rings. The smallest absolute Gasteiger partial charge is 0.0753 e.